The zero-order chi connectivity index (χ0) is 17.1. The van der Waals surface area contributed by atoms with Crippen molar-refractivity contribution in [2.24, 2.45) is 7.05 Å². The van der Waals surface area contributed by atoms with E-state index >= 15 is 0 Å². The van der Waals surface area contributed by atoms with Gasteiger partial charge in [0.15, 0.2) is 6.61 Å². The second-order valence-corrected chi connectivity index (χ2v) is 5.26. The van der Waals surface area contributed by atoms with Crippen LogP contribution in [0.5, 0.6) is 0 Å². The second-order valence-electron chi connectivity index (χ2n) is 5.26. The molecule has 0 fully saturated rings. The van der Waals surface area contributed by atoms with Crippen molar-refractivity contribution >= 4 is 17.6 Å². The summed E-state index contributed by atoms with van der Waals surface area (Å²) in [6.07, 6.45) is 0. The van der Waals surface area contributed by atoms with E-state index in [0.29, 0.717) is 16.9 Å². The lowest BCUT2D eigenvalue weighted by Crippen LogP contribution is -2.21. The summed E-state index contributed by atoms with van der Waals surface area (Å²) < 4.78 is 20.0. The van der Waals surface area contributed by atoms with Crippen LogP contribution in [0.4, 0.5) is 10.1 Å². The minimum Gasteiger partial charge on any atom is -0.452 e. The van der Waals surface area contributed by atoms with Gasteiger partial charge in [0.05, 0.1) is 22.6 Å². The number of amides is 1. The van der Waals surface area contributed by atoms with Crippen LogP contribution in [-0.2, 0) is 16.6 Å². The van der Waals surface area contributed by atoms with Gasteiger partial charge >= 0.3 is 5.97 Å². The number of rotatable bonds is 4. The highest BCUT2D eigenvalue weighted by molar-refractivity contribution is 5.96. The summed E-state index contributed by atoms with van der Waals surface area (Å²) in [6.45, 7) is 4.72. The summed E-state index contributed by atoms with van der Waals surface area (Å²) in [4.78, 5) is 23.7. The molecule has 0 saturated carbocycles. The summed E-state index contributed by atoms with van der Waals surface area (Å²) in [6, 6.07) is 4.02. The highest BCUT2D eigenvalue weighted by Gasteiger charge is 2.15. The summed E-state index contributed by atoms with van der Waals surface area (Å²) in [5, 5.41) is 6.83. The van der Waals surface area contributed by atoms with E-state index in [2.05, 4.69) is 10.4 Å². The molecule has 1 aromatic heterocycles. The van der Waals surface area contributed by atoms with Gasteiger partial charge < -0.3 is 10.1 Å². The lowest BCUT2D eigenvalue weighted by atomic mass is 10.1. The van der Waals surface area contributed by atoms with Gasteiger partial charge in [-0.05, 0) is 38.5 Å². The Morgan fingerprint density at radius 1 is 1.30 bits per heavy atom. The van der Waals surface area contributed by atoms with E-state index in [0.717, 1.165) is 11.8 Å². The van der Waals surface area contributed by atoms with Crippen molar-refractivity contribution in [2.45, 2.75) is 20.8 Å². The van der Waals surface area contributed by atoms with Gasteiger partial charge in [0.1, 0.15) is 5.82 Å². The largest absolute Gasteiger partial charge is 0.452 e. The van der Waals surface area contributed by atoms with Crippen molar-refractivity contribution in [1.82, 2.24) is 9.78 Å². The van der Waals surface area contributed by atoms with Crippen LogP contribution in [0.15, 0.2) is 18.2 Å². The van der Waals surface area contributed by atoms with E-state index in [9.17, 15) is 14.0 Å². The molecule has 0 spiro atoms. The number of hydrogen-bond donors (Lipinski definition) is 1. The van der Waals surface area contributed by atoms with Crippen LogP contribution in [0, 0.1) is 26.6 Å². The van der Waals surface area contributed by atoms with Crippen LogP contribution >= 0.6 is 0 Å². The molecule has 0 aliphatic carbocycles. The van der Waals surface area contributed by atoms with Gasteiger partial charge in [0.25, 0.3) is 5.91 Å². The normalized spacial score (nSPS) is 10.5. The Balaban J connectivity index is 1.96. The maximum Gasteiger partial charge on any atom is 0.338 e. The van der Waals surface area contributed by atoms with Crippen LogP contribution in [0.1, 0.15) is 27.3 Å². The van der Waals surface area contributed by atoms with Gasteiger partial charge in [-0.25, -0.2) is 9.18 Å². The molecule has 0 bridgehead atoms. The van der Waals surface area contributed by atoms with Crippen molar-refractivity contribution in [3.8, 4) is 0 Å². The molecule has 7 heteroatoms. The SMILES string of the molecule is Cc1ccc(C(=O)OCC(=O)Nc2c(C)nn(C)c2C)cc1F. The van der Waals surface area contributed by atoms with E-state index in [1.165, 1.54) is 12.1 Å². The molecule has 23 heavy (non-hydrogen) atoms. The maximum absolute atomic E-state index is 13.4. The molecule has 2 rings (SSSR count). The number of aromatic nitrogens is 2. The second kappa shape index (κ2) is 6.60. The molecule has 0 aliphatic rings. The summed E-state index contributed by atoms with van der Waals surface area (Å²) in [7, 11) is 1.77. The van der Waals surface area contributed by atoms with Crippen LogP contribution in [-0.4, -0.2) is 28.3 Å². The fraction of sp³-hybridized carbons (Fsp3) is 0.312. The third-order valence-corrected chi connectivity index (χ3v) is 3.52. The van der Waals surface area contributed by atoms with Gasteiger partial charge in [0.2, 0.25) is 0 Å². The first-order chi connectivity index (χ1) is 10.8. The number of anilines is 1. The smallest absolute Gasteiger partial charge is 0.338 e. The first-order valence-corrected chi connectivity index (χ1v) is 7.03. The molecule has 122 valence electrons. The topological polar surface area (TPSA) is 73.2 Å². The van der Waals surface area contributed by atoms with E-state index in [4.69, 9.17) is 4.74 Å². The van der Waals surface area contributed by atoms with Crippen LogP contribution < -0.4 is 5.32 Å². The van der Waals surface area contributed by atoms with Gasteiger partial charge in [-0.15, -0.1) is 0 Å². The number of carbonyl (C=O) groups is 2. The molecule has 6 nitrogen and oxygen atoms in total. The molecule has 0 atom stereocenters. The molecule has 1 aromatic carbocycles. The van der Waals surface area contributed by atoms with Crippen LogP contribution in [0.2, 0.25) is 0 Å². The Labute approximate surface area is 133 Å². The molecular formula is C16H18FN3O3. The lowest BCUT2D eigenvalue weighted by Gasteiger charge is -2.07. The average Bonchev–Trinajstić information content (AvgIpc) is 2.74. The number of ether oxygens (including phenoxy) is 1. The predicted molar refractivity (Wildman–Crippen MR) is 82.7 cm³/mol. The minimum atomic E-state index is -0.751. The van der Waals surface area contributed by atoms with Crippen molar-refractivity contribution in [3.05, 3.63) is 46.5 Å². The molecular weight excluding hydrogens is 301 g/mol. The Morgan fingerprint density at radius 2 is 2.00 bits per heavy atom. The lowest BCUT2D eigenvalue weighted by molar-refractivity contribution is -0.119. The fourth-order valence-electron chi connectivity index (χ4n) is 2.06. The monoisotopic (exact) mass is 319 g/mol. The molecule has 0 aliphatic heterocycles. The van der Waals surface area contributed by atoms with Gasteiger partial charge in [0, 0.05) is 7.05 Å². The summed E-state index contributed by atoms with van der Waals surface area (Å²) in [5.41, 5.74) is 2.56. The van der Waals surface area contributed by atoms with Crippen LogP contribution in [0.25, 0.3) is 0 Å². The molecule has 0 unspecified atom stereocenters. The van der Waals surface area contributed by atoms with Gasteiger partial charge in [-0.2, -0.15) is 5.10 Å². The molecule has 2 aromatic rings. The van der Waals surface area contributed by atoms with E-state index in [-0.39, 0.29) is 5.56 Å². The van der Waals surface area contributed by atoms with Crippen LogP contribution in [0.3, 0.4) is 0 Å². The Kier molecular flexibility index (Phi) is 4.78. The molecule has 1 N–H and O–H groups in total. The Hall–Kier alpha value is -2.70. The van der Waals surface area contributed by atoms with E-state index in [1.54, 1.807) is 25.6 Å². The number of carbonyl (C=O) groups excluding carboxylic acids is 2. The minimum absolute atomic E-state index is 0.0645. The van der Waals surface area contributed by atoms with Crippen molar-refractivity contribution < 1.29 is 18.7 Å². The van der Waals surface area contributed by atoms with E-state index < -0.39 is 24.3 Å². The van der Waals surface area contributed by atoms with E-state index in [1.807, 2.05) is 6.92 Å². The summed E-state index contributed by atoms with van der Waals surface area (Å²) >= 11 is 0. The van der Waals surface area contributed by atoms with Gasteiger partial charge in [-0.1, -0.05) is 6.07 Å². The third-order valence-electron chi connectivity index (χ3n) is 3.52. The highest BCUT2D eigenvalue weighted by atomic mass is 19.1. The van der Waals surface area contributed by atoms with Crippen molar-refractivity contribution in [1.29, 1.82) is 0 Å². The number of benzene rings is 1. The number of halogens is 1. The molecule has 1 heterocycles. The predicted octanol–water partition coefficient (Wildman–Crippen LogP) is 2.28. The average molecular weight is 319 g/mol. The first-order valence-electron chi connectivity index (χ1n) is 7.03. The third kappa shape index (κ3) is 3.74. The van der Waals surface area contributed by atoms with Crippen molar-refractivity contribution in [2.75, 3.05) is 11.9 Å². The number of aryl methyl sites for hydroxylation is 3. The fourth-order valence-corrected chi connectivity index (χ4v) is 2.06. The molecule has 0 radical (unpaired) electrons. The quantitative estimate of drug-likeness (QED) is 0.878. The number of esters is 1. The molecule has 1 amide bonds. The number of nitrogens with one attached hydrogen (secondary N) is 1. The summed E-state index contributed by atoms with van der Waals surface area (Å²) in [5.74, 6) is -1.73. The zero-order valence-corrected chi connectivity index (χ0v) is 13.4. The standard InChI is InChI=1S/C16H18FN3O3/c1-9-5-6-12(7-13(9)17)16(22)23-8-14(21)18-15-10(2)19-20(4)11(15)3/h5-7H,8H2,1-4H3,(H,18,21). The Morgan fingerprint density at radius 3 is 2.57 bits per heavy atom. The van der Waals surface area contributed by atoms with Gasteiger partial charge in [-0.3, -0.25) is 9.48 Å². The van der Waals surface area contributed by atoms with Crippen molar-refractivity contribution in [3.63, 3.8) is 0 Å². The Bertz CT molecular complexity index is 768. The number of hydrogen-bond acceptors (Lipinski definition) is 4. The number of nitrogens with zero attached hydrogens (tertiary/aromatic N) is 2. The molecule has 0 saturated heterocycles. The maximum atomic E-state index is 13.4. The zero-order valence-electron chi connectivity index (χ0n) is 13.4. The first kappa shape index (κ1) is 16.7. The highest BCUT2D eigenvalue weighted by Crippen LogP contribution is 2.18.